The second-order valence-electron chi connectivity index (χ2n) is 4.20. The Balaban J connectivity index is 0.00000289. The van der Waals surface area contributed by atoms with Crippen molar-refractivity contribution in [3.05, 3.63) is 22.4 Å². The first-order valence-corrected chi connectivity index (χ1v) is 6.70. The fourth-order valence-electron chi connectivity index (χ4n) is 1.71. The van der Waals surface area contributed by atoms with Gasteiger partial charge in [0, 0.05) is 30.3 Å². The molecule has 0 saturated heterocycles. The van der Waals surface area contributed by atoms with Crippen LogP contribution >= 0.6 is 28.3 Å². The highest BCUT2D eigenvalue weighted by Crippen LogP contribution is 2.13. The Morgan fingerprint density at radius 1 is 1.61 bits per heavy atom. The first kappa shape index (κ1) is 17.5. The molecule has 1 atom stereocenters. The van der Waals surface area contributed by atoms with E-state index in [9.17, 15) is 4.79 Å². The van der Waals surface area contributed by atoms with E-state index in [0.29, 0.717) is 12.2 Å². The number of hydrogen-bond donors (Lipinski definition) is 2. The molecule has 0 aliphatic heterocycles. The van der Waals surface area contributed by atoms with Gasteiger partial charge in [-0.05, 0) is 28.4 Å². The van der Waals surface area contributed by atoms with Gasteiger partial charge in [0.15, 0.2) is 0 Å². The number of hydrogen-bond acceptors (Lipinski definition) is 2. The fraction of sp³-hybridized carbons (Fsp3) is 0.583. The average Bonchev–Trinajstić information content (AvgIpc) is 2.63. The highest BCUT2D eigenvalue weighted by Gasteiger charge is 2.15. The van der Waals surface area contributed by atoms with Gasteiger partial charge in [0.25, 0.3) is 5.91 Å². The third kappa shape index (κ3) is 5.00. The van der Waals surface area contributed by atoms with Gasteiger partial charge in [-0.1, -0.05) is 19.8 Å². The largest absolute Gasteiger partial charge is 0.347 e. The quantitative estimate of drug-likeness (QED) is 0.837. The third-order valence-electron chi connectivity index (χ3n) is 2.73. The Labute approximate surface area is 123 Å². The van der Waals surface area contributed by atoms with Crippen molar-refractivity contribution < 1.29 is 4.79 Å². The first-order valence-electron chi connectivity index (χ1n) is 5.91. The topological polar surface area (TPSA) is 60.0 Å². The summed E-state index contributed by atoms with van der Waals surface area (Å²) in [6.07, 6.45) is 4.99. The molecule has 0 bridgehead atoms. The van der Waals surface area contributed by atoms with Gasteiger partial charge in [-0.15, -0.1) is 12.4 Å². The molecule has 1 aromatic rings. The van der Waals surface area contributed by atoms with Crippen LogP contribution in [0.15, 0.2) is 16.7 Å². The van der Waals surface area contributed by atoms with Gasteiger partial charge in [-0.3, -0.25) is 4.79 Å². The minimum Gasteiger partial charge on any atom is -0.347 e. The number of rotatable bonds is 6. The van der Waals surface area contributed by atoms with Gasteiger partial charge in [0.1, 0.15) is 5.69 Å². The zero-order chi connectivity index (χ0) is 12.8. The molecule has 1 rings (SSSR count). The third-order valence-corrected chi connectivity index (χ3v) is 3.16. The molecule has 4 nitrogen and oxygen atoms in total. The molecular formula is C12H21BrClN3O. The van der Waals surface area contributed by atoms with E-state index >= 15 is 0 Å². The maximum Gasteiger partial charge on any atom is 0.268 e. The summed E-state index contributed by atoms with van der Waals surface area (Å²) in [4.78, 5) is 12.0. The van der Waals surface area contributed by atoms with Crippen LogP contribution in [0.3, 0.4) is 0 Å². The molecule has 1 unspecified atom stereocenters. The summed E-state index contributed by atoms with van der Waals surface area (Å²) in [5, 5.41) is 2.97. The summed E-state index contributed by atoms with van der Waals surface area (Å²) in [5.74, 6) is -0.0650. The zero-order valence-electron chi connectivity index (χ0n) is 10.8. The van der Waals surface area contributed by atoms with E-state index in [1.807, 2.05) is 19.3 Å². The normalized spacial score (nSPS) is 11.8. The van der Waals surface area contributed by atoms with Crippen LogP contribution in [0.25, 0.3) is 0 Å². The van der Waals surface area contributed by atoms with Crippen LogP contribution in [0, 0.1) is 0 Å². The Morgan fingerprint density at radius 2 is 2.28 bits per heavy atom. The van der Waals surface area contributed by atoms with Crippen LogP contribution < -0.4 is 11.1 Å². The SMILES string of the molecule is CCCCC(CN)NC(=O)c1cc(Br)cn1C.Cl. The van der Waals surface area contributed by atoms with Crippen LogP contribution in [0.5, 0.6) is 0 Å². The van der Waals surface area contributed by atoms with Crippen molar-refractivity contribution in [2.75, 3.05) is 6.54 Å². The Kier molecular flexibility index (Phi) is 8.31. The van der Waals surface area contributed by atoms with Crippen molar-refractivity contribution >= 4 is 34.2 Å². The number of unbranched alkanes of at least 4 members (excludes halogenated alkanes) is 1. The maximum absolute atomic E-state index is 12.0. The van der Waals surface area contributed by atoms with Gasteiger partial charge >= 0.3 is 0 Å². The lowest BCUT2D eigenvalue weighted by Gasteiger charge is -2.16. The molecule has 0 fully saturated rings. The molecule has 104 valence electrons. The number of nitrogens with two attached hydrogens (primary N) is 1. The highest BCUT2D eigenvalue weighted by molar-refractivity contribution is 9.10. The summed E-state index contributed by atoms with van der Waals surface area (Å²) in [7, 11) is 1.85. The maximum atomic E-state index is 12.0. The number of carbonyl (C=O) groups excluding carboxylic acids is 1. The number of amides is 1. The van der Waals surface area contributed by atoms with Crippen molar-refractivity contribution in [2.45, 2.75) is 32.2 Å². The van der Waals surface area contributed by atoms with Crippen molar-refractivity contribution in [1.82, 2.24) is 9.88 Å². The van der Waals surface area contributed by atoms with Crippen LogP contribution in [0.4, 0.5) is 0 Å². The van der Waals surface area contributed by atoms with Crippen LogP contribution in [0.1, 0.15) is 36.7 Å². The molecular weight excluding hydrogens is 318 g/mol. The molecule has 18 heavy (non-hydrogen) atoms. The van der Waals surface area contributed by atoms with E-state index in [0.717, 1.165) is 23.7 Å². The zero-order valence-corrected chi connectivity index (χ0v) is 13.2. The molecule has 0 spiro atoms. The van der Waals surface area contributed by atoms with Gasteiger partial charge in [0.05, 0.1) is 0 Å². The molecule has 1 heterocycles. The van der Waals surface area contributed by atoms with E-state index in [1.165, 1.54) is 0 Å². The molecule has 3 N–H and O–H groups in total. The number of nitrogens with one attached hydrogen (secondary N) is 1. The summed E-state index contributed by atoms with van der Waals surface area (Å²) in [5.41, 5.74) is 6.30. The monoisotopic (exact) mass is 337 g/mol. The molecule has 0 saturated carbocycles. The number of nitrogens with zero attached hydrogens (tertiary/aromatic N) is 1. The Bertz CT molecular complexity index is 381. The number of aryl methyl sites for hydroxylation is 1. The fourth-order valence-corrected chi connectivity index (χ4v) is 2.23. The van der Waals surface area contributed by atoms with Crippen LogP contribution in [-0.2, 0) is 7.05 Å². The smallest absolute Gasteiger partial charge is 0.268 e. The number of halogens is 2. The lowest BCUT2D eigenvalue weighted by molar-refractivity contribution is 0.0927. The van der Waals surface area contributed by atoms with Crippen molar-refractivity contribution in [2.24, 2.45) is 12.8 Å². The second-order valence-corrected chi connectivity index (χ2v) is 5.12. The van der Waals surface area contributed by atoms with E-state index in [4.69, 9.17) is 5.73 Å². The van der Waals surface area contributed by atoms with Gasteiger partial charge in [-0.2, -0.15) is 0 Å². The first-order chi connectivity index (χ1) is 8.08. The van der Waals surface area contributed by atoms with Crippen molar-refractivity contribution in [1.29, 1.82) is 0 Å². The molecule has 0 aliphatic rings. The van der Waals surface area contributed by atoms with Crippen molar-refractivity contribution in [3.8, 4) is 0 Å². The molecule has 1 amide bonds. The number of carbonyl (C=O) groups is 1. The summed E-state index contributed by atoms with van der Waals surface area (Å²) in [6.45, 7) is 2.61. The lowest BCUT2D eigenvalue weighted by atomic mass is 10.1. The average molecular weight is 339 g/mol. The molecule has 6 heteroatoms. The van der Waals surface area contributed by atoms with Crippen LogP contribution in [0.2, 0.25) is 0 Å². The van der Waals surface area contributed by atoms with E-state index in [-0.39, 0.29) is 24.4 Å². The molecule has 1 aromatic heterocycles. The molecule has 0 radical (unpaired) electrons. The summed E-state index contributed by atoms with van der Waals surface area (Å²) in [6, 6.07) is 1.87. The molecule has 0 aliphatic carbocycles. The minimum absolute atomic E-state index is 0. The predicted molar refractivity (Wildman–Crippen MR) is 80.2 cm³/mol. The predicted octanol–water partition coefficient (Wildman–Crippen LogP) is 2.46. The summed E-state index contributed by atoms with van der Waals surface area (Å²) >= 11 is 3.35. The van der Waals surface area contributed by atoms with E-state index in [1.54, 1.807) is 4.57 Å². The van der Waals surface area contributed by atoms with Crippen LogP contribution in [-0.4, -0.2) is 23.1 Å². The van der Waals surface area contributed by atoms with E-state index < -0.39 is 0 Å². The molecule has 0 aromatic carbocycles. The lowest BCUT2D eigenvalue weighted by Crippen LogP contribution is -2.40. The Hall–Kier alpha value is -0.520. The van der Waals surface area contributed by atoms with Gasteiger partial charge in [0.2, 0.25) is 0 Å². The van der Waals surface area contributed by atoms with Crippen molar-refractivity contribution in [3.63, 3.8) is 0 Å². The minimum atomic E-state index is -0.0650. The van der Waals surface area contributed by atoms with Gasteiger partial charge < -0.3 is 15.6 Å². The Morgan fingerprint density at radius 3 is 2.72 bits per heavy atom. The second kappa shape index (κ2) is 8.56. The van der Waals surface area contributed by atoms with Gasteiger partial charge in [-0.25, -0.2) is 0 Å². The number of aromatic nitrogens is 1. The highest BCUT2D eigenvalue weighted by atomic mass is 79.9. The summed E-state index contributed by atoms with van der Waals surface area (Å²) < 4.78 is 2.70. The standard InChI is InChI=1S/C12H20BrN3O.ClH/c1-3-4-5-10(7-14)15-12(17)11-6-9(13)8-16(11)2;/h6,8,10H,3-5,7,14H2,1-2H3,(H,15,17);1H. The van der Waals surface area contributed by atoms with E-state index in [2.05, 4.69) is 28.2 Å².